The molecule has 3 nitrogen and oxygen atoms in total. The molecule has 0 radical (unpaired) electrons. The molecular weight excluding hydrogens is 274 g/mol. The molecule has 106 valence electrons. The fraction of sp³-hybridized carbons (Fsp3) is 0.250. The Labute approximate surface area is 123 Å². The topological polar surface area (TPSA) is 52.5 Å². The van der Waals surface area contributed by atoms with Gasteiger partial charge in [0.2, 0.25) is 0 Å². The molecule has 0 aliphatic heterocycles. The van der Waals surface area contributed by atoms with Crippen LogP contribution in [0.3, 0.4) is 0 Å². The van der Waals surface area contributed by atoms with Gasteiger partial charge in [0.05, 0.1) is 5.60 Å². The highest BCUT2D eigenvalue weighted by Gasteiger charge is 2.22. The first kappa shape index (κ1) is 14.9. The molecule has 2 aromatic rings. The summed E-state index contributed by atoms with van der Waals surface area (Å²) in [5, 5.41) is 23.9. The zero-order valence-corrected chi connectivity index (χ0v) is 12.1. The molecule has 0 aromatic heterocycles. The summed E-state index contributed by atoms with van der Waals surface area (Å²) in [7, 11) is 0. The van der Waals surface area contributed by atoms with Crippen LogP contribution in [-0.2, 0) is 12.1 Å². The lowest BCUT2D eigenvalue weighted by molar-refractivity contribution is 0.0566. The lowest BCUT2D eigenvalue weighted by atomic mass is 9.96. The van der Waals surface area contributed by atoms with E-state index in [0.717, 1.165) is 5.56 Å². The summed E-state index contributed by atoms with van der Waals surface area (Å²) >= 11 is 5.89. The number of hydrogen-bond acceptors (Lipinski definition) is 3. The molecule has 3 N–H and O–H groups in total. The Morgan fingerprint density at radius 1 is 1.15 bits per heavy atom. The highest BCUT2D eigenvalue weighted by molar-refractivity contribution is 6.30. The largest absolute Gasteiger partial charge is 0.508 e. The minimum Gasteiger partial charge on any atom is -0.508 e. The number of halogens is 1. The minimum atomic E-state index is -0.963. The second-order valence-corrected chi connectivity index (χ2v) is 5.45. The number of phenols is 1. The van der Waals surface area contributed by atoms with Gasteiger partial charge in [-0.3, -0.25) is 0 Å². The van der Waals surface area contributed by atoms with E-state index in [1.54, 1.807) is 25.1 Å². The van der Waals surface area contributed by atoms with E-state index < -0.39 is 5.60 Å². The first-order chi connectivity index (χ1) is 9.49. The Hall–Kier alpha value is -1.55. The van der Waals surface area contributed by atoms with E-state index >= 15 is 0 Å². The van der Waals surface area contributed by atoms with Crippen molar-refractivity contribution in [2.45, 2.75) is 19.1 Å². The summed E-state index contributed by atoms with van der Waals surface area (Å²) in [6.07, 6.45) is 0. The maximum Gasteiger partial charge on any atom is 0.120 e. The number of nitrogens with one attached hydrogen (secondary N) is 1. The van der Waals surface area contributed by atoms with Gasteiger partial charge >= 0.3 is 0 Å². The summed E-state index contributed by atoms with van der Waals surface area (Å²) in [6.45, 7) is 2.57. The van der Waals surface area contributed by atoms with Gasteiger partial charge in [-0.1, -0.05) is 41.9 Å². The molecule has 0 heterocycles. The molecule has 2 rings (SSSR count). The first-order valence-electron chi connectivity index (χ1n) is 6.45. The Kier molecular flexibility index (Phi) is 4.65. The third-order valence-corrected chi connectivity index (χ3v) is 3.46. The lowest BCUT2D eigenvalue weighted by Crippen LogP contribution is -2.35. The van der Waals surface area contributed by atoms with Crippen LogP contribution in [0.2, 0.25) is 5.02 Å². The van der Waals surface area contributed by atoms with E-state index in [1.807, 2.05) is 30.3 Å². The predicted molar refractivity (Wildman–Crippen MR) is 80.8 cm³/mol. The van der Waals surface area contributed by atoms with Crippen molar-refractivity contribution in [2.24, 2.45) is 0 Å². The standard InChI is InChI=1S/C16H18ClNO2/c1-16(20,13-5-3-2-4-6-13)11-18-10-12-9-14(17)7-8-15(12)19/h2-9,18-20H,10-11H2,1H3. The molecule has 0 saturated heterocycles. The van der Waals surface area contributed by atoms with Crippen molar-refractivity contribution in [3.8, 4) is 5.75 Å². The van der Waals surface area contributed by atoms with Crippen LogP contribution in [-0.4, -0.2) is 16.8 Å². The summed E-state index contributed by atoms with van der Waals surface area (Å²) in [6, 6.07) is 14.4. The summed E-state index contributed by atoms with van der Waals surface area (Å²) in [5.41, 5.74) is 0.597. The first-order valence-corrected chi connectivity index (χ1v) is 6.83. The lowest BCUT2D eigenvalue weighted by Gasteiger charge is -2.24. The molecule has 0 aliphatic carbocycles. The zero-order valence-electron chi connectivity index (χ0n) is 11.3. The van der Waals surface area contributed by atoms with E-state index in [0.29, 0.717) is 23.7 Å². The van der Waals surface area contributed by atoms with Crippen molar-refractivity contribution in [1.29, 1.82) is 0 Å². The van der Waals surface area contributed by atoms with Crippen LogP contribution in [0.15, 0.2) is 48.5 Å². The molecule has 20 heavy (non-hydrogen) atoms. The zero-order chi connectivity index (χ0) is 14.6. The van der Waals surface area contributed by atoms with Crippen molar-refractivity contribution in [1.82, 2.24) is 5.32 Å². The van der Waals surface area contributed by atoms with Crippen LogP contribution >= 0.6 is 11.6 Å². The Morgan fingerprint density at radius 2 is 1.85 bits per heavy atom. The van der Waals surface area contributed by atoms with Crippen molar-refractivity contribution < 1.29 is 10.2 Å². The predicted octanol–water partition coefficient (Wildman–Crippen LogP) is 3.04. The van der Waals surface area contributed by atoms with E-state index in [9.17, 15) is 10.2 Å². The SMILES string of the molecule is CC(O)(CNCc1cc(Cl)ccc1O)c1ccccc1. The number of hydrogen-bond donors (Lipinski definition) is 3. The van der Waals surface area contributed by atoms with Crippen LogP contribution in [0.5, 0.6) is 5.75 Å². The molecule has 0 fully saturated rings. The van der Waals surface area contributed by atoms with Crippen LogP contribution in [0.4, 0.5) is 0 Å². The number of benzene rings is 2. The van der Waals surface area contributed by atoms with Gasteiger partial charge < -0.3 is 15.5 Å². The minimum absolute atomic E-state index is 0.196. The van der Waals surface area contributed by atoms with Gasteiger partial charge in [0, 0.05) is 23.7 Å². The highest BCUT2D eigenvalue weighted by atomic mass is 35.5. The summed E-state index contributed by atoms with van der Waals surface area (Å²) in [4.78, 5) is 0. The third kappa shape index (κ3) is 3.73. The van der Waals surface area contributed by atoms with E-state index in [-0.39, 0.29) is 5.75 Å². The Balaban J connectivity index is 1.97. The van der Waals surface area contributed by atoms with Gasteiger partial charge in [-0.05, 0) is 30.7 Å². The average molecular weight is 292 g/mol. The van der Waals surface area contributed by atoms with Crippen LogP contribution in [0.25, 0.3) is 0 Å². The number of rotatable bonds is 5. The molecule has 0 aliphatic rings. The van der Waals surface area contributed by atoms with Crippen LogP contribution < -0.4 is 5.32 Å². The van der Waals surface area contributed by atoms with Crippen molar-refractivity contribution >= 4 is 11.6 Å². The summed E-state index contributed by atoms with van der Waals surface area (Å²) in [5.74, 6) is 0.196. The van der Waals surface area contributed by atoms with Crippen molar-refractivity contribution in [3.63, 3.8) is 0 Å². The number of aliphatic hydroxyl groups is 1. The number of aromatic hydroxyl groups is 1. The second kappa shape index (κ2) is 6.27. The van der Waals surface area contributed by atoms with Crippen molar-refractivity contribution in [2.75, 3.05) is 6.54 Å². The Bertz CT molecular complexity index is 570. The molecule has 4 heteroatoms. The maximum absolute atomic E-state index is 10.4. The van der Waals surface area contributed by atoms with E-state index in [4.69, 9.17) is 11.6 Å². The van der Waals surface area contributed by atoms with E-state index in [1.165, 1.54) is 0 Å². The fourth-order valence-electron chi connectivity index (χ4n) is 2.04. The average Bonchev–Trinajstić information content (AvgIpc) is 2.43. The third-order valence-electron chi connectivity index (χ3n) is 3.22. The monoisotopic (exact) mass is 291 g/mol. The fourth-order valence-corrected chi connectivity index (χ4v) is 2.23. The molecule has 0 amide bonds. The van der Waals surface area contributed by atoms with Gasteiger partial charge in [0.15, 0.2) is 0 Å². The van der Waals surface area contributed by atoms with E-state index in [2.05, 4.69) is 5.32 Å². The smallest absolute Gasteiger partial charge is 0.120 e. The van der Waals surface area contributed by atoms with Gasteiger partial charge in [0.1, 0.15) is 5.75 Å². The maximum atomic E-state index is 10.4. The molecular formula is C16H18ClNO2. The second-order valence-electron chi connectivity index (χ2n) is 5.02. The molecule has 0 spiro atoms. The van der Waals surface area contributed by atoms with Crippen molar-refractivity contribution in [3.05, 3.63) is 64.7 Å². The van der Waals surface area contributed by atoms with Crippen LogP contribution in [0, 0.1) is 0 Å². The molecule has 0 bridgehead atoms. The molecule has 1 atom stereocenters. The van der Waals surface area contributed by atoms with Gasteiger partial charge in [0.25, 0.3) is 0 Å². The van der Waals surface area contributed by atoms with Crippen LogP contribution in [0.1, 0.15) is 18.1 Å². The quantitative estimate of drug-likeness (QED) is 0.794. The van der Waals surface area contributed by atoms with Gasteiger partial charge in [-0.25, -0.2) is 0 Å². The normalized spacial score (nSPS) is 13.9. The molecule has 2 aromatic carbocycles. The molecule has 0 saturated carbocycles. The highest BCUT2D eigenvalue weighted by Crippen LogP contribution is 2.22. The molecule has 1 unspecified atom stereocenters. The Morgan fingerprint density at radius 3 is 2.55 bits per heavy atom. The summed E-state index contributed by atoms with van der Waals surface area (Å²) < 4.78 is 0. The van der Waals surface area contributed by atoms with Gasteiger partial charge in [-0.2, -0.15) is 0 Å². The number of phenolic OH excluding ortho intramolecular Hbond substituents is 1. The van der Waals surface area contributed by atoms with Gasteiger partial charge in [-0.15, -0.1) is 0 Å².